The zero-order chi connectivity index (χ0) is 21.2. The number of Topliss-reactive ketones (excluding diaryl/α,β-unsaturated/α-hetero) is 1. The molecule has 0 heterocycles. The molecule has 0 radical (unpaired) electrons. The molecule has 0 saturated carbocycles. The lowest BCUT2D eigenvalue weighted by atomic mass is 10.0. The van der Waals surface area contributed by atoms with Gasteiger partial charge < -0.3 is 4.74 Å². The third kappa shape index (κ3) is 4.92. The molecule has 0 aromatic heterocycles. The Morgan fingerprint density at radius 2 is 1.69 bits per heavy atom. The summed E-state index contributed by atoms with van der Waals surface area (Å²) in [7, 11) is -3.73. The maximum Gasteiger partial charge on any atom is 0.338 e. The number of fused-ring (bicyclic) bond motifs is 1. The Hall–Kier alpha value is -2.51. The Bertz CT molecular complexity index is 1040. The van der Waals surface area contributed by atoms with Gasteiger partial charge in [-0.3, -0.25) is 4.79 Å². The van der Waals surface area contributed by atoms with Crippen LogP contribution in [0.15, 0.2) is 47.4 Å². The highest BCUT2D eigenvalue weighted by Gasteiger charge is 2.23. The van der Waals surface area contributed by atoms with Gasteiger partial charge in [-0.1, -0.05) is 18.2 Å². The van der Waals surface area contributed by atoms with Crippen LogP contribution in [0.3, 0.4) is 0 Å². The number of ketones is 1. The van der Waals surface area contributed by atoms with Crippen molar-refractivity contribution in [2.45, 2.75) is 57.1 Å². The van der Waals surface area contributed by atoms with Crippen LogP contribution in [0, 0.1) is 0 Å². The van der Waals surface area contributed by atoms with E-state index in [1.165, 1.54) is 42.3 Å². The smallest absolute Gasteiger partial charge is 0.338 e. The minimum atomic E-state index is -3.73. The van der Waals surface area contributed by atoms with Gasteiger partial charge in [-0.2, -0.15) is 0 Å². The number of rotatable bonds is 7. The molecule has 0 amide bonds. The highest BCUT2D eigenvalue weighted by Crippen LogP contribution is 2.24. The van der Waals surface area contributed by atoms with E-state index in [2.05, 4.69) is 4.72 Å². The fourth-order valence-electron chi connectivity index (χ4n) is 3.41. The molecule has 2 aromatic rings. The molecule has 1 atom stereocenters. The molecule has 1 aliphatic carbocycles. The van der Waals surface area contributed by atoms with E-state index in [1.54, 1.807) is 19.9 Å². The van der Waals surface area contributed by atoms with E-state index in [9.17, 15) is 18.0 Å². The van der Waals surface area contributed by atoms with Crippen LogP contribution in [0.4, 0.5) is 0 Å². The number of carbonyl (C=O) groups excluding carboxylic acids is 2. The highest BCUT2D eigenvalue weighted by molar-refractivity contribution is 7.89. The number of esters is 1. The summed E-state index contributed by atoms with van der Waals surface area (Å²) in [6.45, 7) is 4.94. The summed E-state index contributed by atoms with van der Waals surface area (Å²) in [4.78, 5) is 25.1. The molecule has 2 aromatic carbocycles. The first kappa shape index (κ1) is 21.2. The van der Waals surface area contributed by atoms with Crippen molar-refractivity contribution in [3.8, 4) is 0 Å². The fourth-order valence-corrected chi connectivity index (χ4v) is 4.71. The lowest BCUT2D eigenvalue weighted by Gasteiger charge is -2.14. The van der Waals surface area contributed by atoms with Crippen LogP contribution in [-0.2, 0) is 27.6 Å². The normalized spacial score (nSPS) is 14.5. The van der Waals surface area contributed by atoms with Crippen molar-refractivity contribution in [1.29, 1.82) is 0 Å². The van der Waals surface area contributed by atoms with Crippen molar-refractivity contribution >= 4 is 21.8 Å². The number of hydrogen-bond donors (Lipinski definition) is 1. The van der Waals surface area contributed by atoms with E-state index in [0.29, 0.717) is 5.56 Å². The summed E-state index contributed by atoms with van der Waals surface area (Å²) in [5.74, 6) is -1.02. The summed E-state index contributed by atoms with van der Waals surface area (Å²) < 4.78 is 32.4. The van der Waals surface area contributed by atoms with Crippen LogP contribution < -0.4 is 4.72 Å². The molecule has 1 unspecified atom stereocenters. The van der Waals surface area contributed by atoms with E-state index in [0.717, 1.165) is 19.3 Å². The third-order valence-electron chi connectivity index (χ3n) is 4.81. The number of ether oxygens (including phenoxy) is 1. The number of sulfonamides is 1. The molecule has 29 heavy (non-hydrogen) atoms. The maximum absolute atomic E-state index is 12.7. The molecule has 1 N–H and O–H groups in total. The van der Waals surface area contributed by atoms with Gasteiger partial charge in [0.15, 0.2) is 6.10 Å². The molecule has 7 heteroatoms. The number of carbonyl (C=O) groups is 2. The molecule has 0 aliphatic heterocycles. The number of hydrogen-bond acceptors (Lipinski definition) is 5. The summed E-state index contributed by atoms with van der Waals surface area (Å²) in [5, 5.41) is 0. The third-order valence-corrected chi connectivity index (χ3v) is 6.46. The molecule has 3 rings (SSSR count). The number of nitrogens with one attached hydrogen (secondary N) is 1. The van der Waals surface area contributed by atoms with Crippen molar-refractivity contribution in [3.63, 3.8) is 0 Å². The van der Waals surface area contributed by atoms with Gasteiger partial charge in [0.1, 0.15) is 0 Å². The summed E-state index contributed by atoms with van der Waals surface area (Å²) in [5.41, 5.74) is 3.03. The van der Waals surface area contributed by atoms with Crippen molar-refractivity contribution in [3.05, 3.63) is 64.7 Å². The summed E-state index contributed by atoms with van der Waals surface area (Å²) in [6, 6.07) is 10.9. The second-order valence-electron chi connectivity index (χ2n) is 7.55. The molecular weight excluding hydrogens is 390 g/mol. The van der Waals surface area contributed by atoms with Crippen molar-refractivity contribution < 1.29 is 22.7 Å². The van der Waals surface area contributed by atoms with Gasteiger partial charge in [-0.05, 0) is 75.4 Å². The molecule has 0 fully saturated rings. The van der Waals surface area contributed by atoms with E-state index < -0.39 is 22.1 Å². The van der Waals surface area contributed by atoms with E-state index in [1.807, 2.05) is 12.1 Å². The van der Waals surface area contributed by atoms with Crippen LogP contribution >= 0.6 is 0 Å². The van der Waals surface area contributed by atoms with E-state index in [4.69, 9.17) is 4.74 Å². The van der Waals surface area contributed by atoms with Gasteiger partial charge in [0, 0.05) is 11.6 Å². The minimum absolute atomic E-state index is 0.0294. The number of aryl methyl sites for hydroxylation is 2. The topological polar surface area (TPSA) is 89.5 Å². The highest BCUT2D eigenvalue weighted by atomic mass is 32.2. The average Bonchev–Trinajstić information content (AvgIpc) is 3.14. The van der Waals surface area contributed by atoms with Gasteiger partial charge in [0.05, 0.1) is 10.5 Å². The van der Waals surface area contributed by atoms with Crippen LogP contribution in [0.5, 0.6) is 0 Å². The molecular formula is C22H25NO5S. The lowest BCUT2D eigenvalue weighted by molar-refractivity contribution is 0.0318. The Morgan fingerprint density at radius 3 is 2.41 bits per heavy atom. The Morgan fingerprint density at radius 1 is 0.966 bits per heavy atom. The second kappa shape index (κ2) is 8.47. The fraction of sp³-hybridized carbons (Fsp3) is 0.364. The van der Waals surface area contributed by atoms with E-state index >= 15 is 0 Å². The first-order valence-corrected chi connectivity index (χ1v) is 11.1. The summed E-state index contributed by atoms with van der Waals surface area (Å²) in [6.07, 6.45) is 2.09. The van der Waals surface area contributed by atoms with Crippen LogP contribution in [-0.4, -0.2) is 32.3 Å². The second-order valence-corrected chi connectivity index (χ2v) is 9.27. The standard InChI is InChI=1S/C22H25NO5S/c1-14(2)23-29(26,27)20-9-5-8-19(13-20)22(25)28-15(3)21(24)18-11-10-16-6-4-7-17(16)12-18/h5,8-15,23H,4,6-7H2,1-3H3. The number of benzene rings is 2. The molecule has 154 valence electrons. The van der Waals surface area contributed by atoms with Crippen LogP contribution in [0.25, 0.3) is 0 Å². The van der Waals surface area contributed by atoms with Crippen molar-refractivity contribution in [2.24, 2.45) is 0 Å². The Kier molecular flexibility index (Phi) is 6.19. The molecule has 0 saturated heterocycles. The van der Waals surface area contributed by atoms with Crippen LogP contribution in [0.2, 0.25) is 0 Å². The zero-order valence-corrected chi connectivity index (χ0v) is 17.6. The SMILES string of the molecule is CC(C)NS(=O)(=O)c1cccc(C(=O)OC(C)C(=O)c2ccc3c(c2)CCC3)c1. The Balaban J connectivity index is 1.73. The van der Waals surface area contributed by atoms with Crippen LogP contribution in [0.1, 0.15) is 59.0 Å². The Labute approximate surface area is 171 Å². The quantitative estimate of drug-likeness (QED) is 0.554. The molecule has 6 nitrogen and oxygen atoms in total. The zero-order valence-electron chi connectivity index (χ0n) is 16.8. The molecule has 0 spiro atoms. The van der Waals surface area contributed by atoms with Crippen molar-refractivity contribution in [2.75, 3.05) is 0 Å². The minimum Gasteiger partial charge on any atom is -0.451 e. The monoisotopic (exact) mass is 415 g/mol. The molecule has 1 aliphatic rings. The molecule has 0 bridgehead atoms. The lowest BCUT2D eigenvalue weighted by Crippen LogP contribution is -2.30. The van der Waals surface area contributed by atoms with Gasteiger partial charge in [-0.15, -0.1) is 0 Å². The first-order chi connectivity index (χ1) is 13.7. The summed E-state index contributed by atoms with van der Waals surface area (Å²) >= 11 is 0. The van der Waals surface area contributed by atoms with E-state index in [-0.39, 0.29) is 22.3 Å². The predicted octanol–water partition coefficient (Wildman–Crippen LogP) is 3.29. The van der Waals surface area contributed by atoms with Crippen molar-refractivity contribution in [1.82, 2.24) is 4.72 Å². The average molecular weight is 416 g/mol. The predicted molar refractivity (Wildman–Crippen MR) is 110 cm³/mol. The van der Waals surface area contributed by atoms with Gasteiger partial charge in [0.25, 0.3) is 0 Å². The van der Waals surface area contributed by atoms with Gasteiger partial charge in [0.2, 0.25) is 15.8 Å². The maximum atomic E-state index is 12.7. The first-order valence-electron chi connectivity index (χ1n) is 9.67. The van der Waals surface area contributed by atoms with Gasteiger partial charge in [-0.25, -0.2) is 17.9 Å². The largest absolute Gasteiger partial charge is 0.451 e. The van der Waals surface area contributed by atoms with Gasteiger partial charge >= 0.3 is 5.97 Å².